The topological polar surface area (TPSA) is 12.0 Å². The quantitative estimate of drug-likeness (QED) is 0.813. The van der Waals surface area contributed by atoms with Crippen molar-refractivity contribution in [3.05, 3.63) is 69.4 Å². The fraction of sp³-hybridized carbons (Fsp3) is 0.250. The Labute approximate surface area is 130 Å². The van der Waals surface area contributed by atoms with Crippen LogP contribution in [0.2, 0.25) is 0 Å². The molecule has 1 atom stereocenters. The summed E-state index contributed by atoms with van der Waals surface area (Å²) in [5, 5.41) is 3.21. The summed E-state index contributed by atoms with van der Waals surface area (Å²) < 4.78 is 40.7. The average Bonchev–Trinajstić information content (AvgIpc) is 2.45. The summed E-state index contributed by atoms with van der Waals surface area (Å²) in [7, 11) is 0. The zero-order valence-corrected chi connectivity index (χ0v) is 13.1. The van der Waals surface area contributed by atoms with Crippen molar-refractivity contribution in [3.8, 4) is 0 Å². The third-order valence-corrected chi connectivity index (χ3v) is 3.84. The highest BCUT2D eigenvalue weighted by Crippen LogP contribution is 2.25. The van der Waals surface area contributed by atoms with Crippen LogP contribution in [-0.2, 0) is 6.42 Å². The minimum atomic E-state index is -0.470. The van der Waals surface area contributed by atoms with Gasteiger partial charge in [0.15, 0.2) is 0 Å². The molecule has 0 spiro atoms. The molecule has 5 heteroatoms. The second-order valence-electron chi connectivity index (χ2n) is 4.72. The molecule has 0 heterocycles. The predicted molar refractivity (Wildman–Crippen MR) is 80.6 cm³/mol. The van der Waals surface area contributed by atoms with Crippen molar-refractivity contribution < 1.29 is 13.2 Å². The van der Waals surface area contributed by atoms with E-state index in [0.29, 0.717) is 16.6 Å². The molecule has 0 aliphatic rings. The molecule has 1 unspecified atom stereocenters. The first-order chi connectivity index (χ1) is 10.0. The zero-order valence-electron chi connectivity index (χ0n) is 11.5. The molecule has 0 saturated carbocycles. The molecule has 2 aromatic rings. The van der Waals surface area contributed by atoms with Crippen LogP contribution in [0.5, 0.6) is 0 Å². The normalized spacial score (nSPS) is 12.4. The van der Waals surface area contributed by atoms with E-state index in [4.69, 9.17) is 0 Å². The molecule has 1 nitrogen and oxygen atoms in total. The van der Waals surface area contributed by atoms with E-state index in [0.717, 1.165) is 17.7 Å². The number of hydrogen-bond donors (Lipinski definition) is 1. The van der Waals surface area contributed by atoms with Crippen LogP contribution >= 0.6 is 15.9 Å². The molecule has 112 valence electrons. The molecule has 0 radical (unpaired) electrons. The van der Waals surface area contributed by atoms with Crippen LogP contribution < -0.4 is 5.32 Å². The number of nitrogens with one attached hydrogen (secondary N) is 1. The Balaban J connectivity index is 2.30. The van der Waals surface area contributed by atoms with Gasteiger partial charge in [0.25, 0.3) is 0 Å². The first-order valence-corrected chi connectivity index (χ1v) is 7.42. The van der Waals surface area contributed by atoms with E-state index < -0.39 is 11.6 Å². The SMILES string of the molecule is CCNC(Cc1cc(F)ccc1F)c1ccc(F)c(Br)c1. The summed E-state index contributed by atoms with van der Waals surface area (Å²) in [6, 6.07) is 7.83. The Morgan fingerprint density at radius 2 is 1.76 bits per heavy atom. The summed E-state index contributed by atoms with van der Waals surface area (Å²) >= 11 is 3.14. The molecule has 0 amide bonds. The number of likely N-dealkylation sites (N-methyl/N-ethyl adjacent to an activating group) is 1. The lowest BCUT2D eigenvalue weighted by atomic mass is 9.98. The largest absolute Gasteiger partial charge is 0.310 e. The minimum Gasteiger partial charge on any atom is -0.310 e. The molecule has 0 aliphatic carbocycles. The van der Waals surface area contributed by atoms with Gasteiger partial charge in [0.05, 0.1) is 4.47 Å². The molecule has 1 N–H and O–H groups in total. The molecule has 0 aromatic heterocycles. The fourth-order valence-electron chi connectivity index (χ4n) is 2.20. The van der Waals surface area contributed by atoms with E-state index in [1.807, 2.05) is 6.92 Å². The average molecular weight is 358 g/mol. The lowest BCUT2D eigenvalue weighted by molar-refractivity contribution is 0.520. The Kier molecular flexibility index (Phi) is 5.42. The molecular formula is C16H15BrF3N. The molecule has 0 fully saturated rings. The third-order valence-electron chi connectivity index (χ3n) is 3.23. The third kappa shape index (κ3) is 4.08. The zero-order chi connectivity index (χ0) is 15.4. The predicted octanol–water partition coefficient (Wildman–Crippen LogP) is 4.76. The second kappa shape index (κ2) is 7.09. The van der Waals surface area contributed by atoms with Crippen LogP contribution in [0.25, 0.3) is 0 Å². The van der Waals surface area contributed by atoms with E-state index in [-0.39, 0.29) is 18.3 Å². The van der Waals surface area contributed by atoms with Crippen LogP contribution in [0.1, 0.15) is 24.1 Å². The molecular weight excluding hydrogens is 343 g/mol. The first kappa shape index (κ1) is 16.0. The summed E-state index contributed by atoms with van der Waals surface area (Å²) in [6.07, 6.45) is 0.287. The van der Waals surface area contributed by atoms with Gasteiger partial charge < -0.3 is 5.32 Å². The van der Waals surface area contributed by atoms with Gasteiger partial charge in [0, 0.05) is 6.04 Å². The maximum absolute atomic E-state index is 13.8. The van der Waals surface area contributed by atoms with Gasteiger partial charge in [-0.15, -0.1) is 0 Å². The minimum absolute atomic E-state index is 0.219. The van der Waals surface area contributed by atoms with Crippen LogP contribution in [0.15, 0.2) is 40.9 Å². The fourth-order valence-corrected chi connectivity index (χ4v) is 2.60. The molecule has 0 saturated heterocycles. The molecule has 2 rings (SSSR count). The summed E-state index contributed by atoms with van der Waals surface area (Å²) in [5.74, 6) is -1.27. The van der Waals surface area contributed by atoms with Crippen LogP contribution in [0.4, 0.5) is 13.2 Å². The van der Waals surface area contributed by atoms with Crippen LogP contribution in [0, 0.1) is 17.5 Å². The van der Waals surface area contributed by atoms with Crippen molar-refractivity contribution in [1.82, 2.24) is 5.32 Å². The second-order valence-corrected chi connectivity index (χ2v) is 5.58. The van der Waals surface area contributed by atoms with Gasteiger partial charge in [-0.3, -0.25) is 0 Å². The molecule has 21 heavy (non-hydrogen) atoms. The van der Waals surface area contributed by atoms with Gasteiger partial charge in [-0.1, -0.05) is 13.0 Å². The van der Waals surface area contributed by atoms with E-state index in [9.17, 15) is 13.2 Å². The highest BCUT2D eigenvalue weighted by Gasteiger charge is 2.15. The van der Waals surface area contributed by atoms with Crippen molar-refractivity contribution in [2.24, 2.45) is 0 Å². The summed E-state index contributed by atoms with van der Waals surface area (Å²) in [6.45, 7) is 2.59. The van der Waals surface area contributed by atoms with E-state index in [1.165, 1.54) is 12.1 Å². The number of hydrogen-bond acceptors (Lipinski definition) is 1. The van der Waals surface area contributed by atoms with Crippen molar-refractivity contribution >= 4 is 15.9 Å². The maximum Gasteiger partial charge on any atom is 0.137 e. The smallest absolute Gasteiger partial charge is 0.137 e. The number of rotatable bonds is 5. The Bertz CT molecular complexity index is 631. The Morgan fingerprint density at radius 1 is 1.05 bits per heavy atom. The van der Waals surface area contributed by atoms with Gasteiger partial charge in [-0.05, 0) is 70.4 Å². The van der Waals surface area contributed by atoms with E-state index in [1.54, 1.807) is 12.1 Å². The van der Waals surface area contributed by atoms with Crippen molar-refractivity contribution in [1.29, 1.82) is 0 Å². The van der Waals surface area contributed by atoms with Gasteiger partial charge in [-0.2, -0.15) is 0 Å². The number of benzene rings is 2. The lowest BCUT2D eigenvalue weighted by Gasteiger charge is -2.19. The first-order valence-electron chi connectivity index (χ1n) is 6.63. The summed E-state index contributed by atoms with van der Waals surface area (Å²) in [5.41, 5.74) is 1.11. The monoisotopic (exact) mass is 357 g/mol. The van der Waals surface area contributed by atoms with Crippen LogP contribution in [0.3, 0.4) is 0 Å². The van der Waals surface area contributed by atoms with Crippen LogP contribution in [-0.4, -0.2) is 6.54 Å². The standard InChI is InChI=1S/C16H15BrF3N/c1-2-21-16(10-3-5-15(20)13(17)8-10)9-11-7-12(18)4-6-14(11)19/h3-8,16,21H,2,9H2,1H3. The lowest BCUT2D eigenvalue weighted by Crippen LogP contribution is -2.23. The van der Waals surface area contributed by atoms with Gasteiger partial charge in [0.2, 0.25) is 0 Å². The molecule has 0 bridgehead atoms. The van der Waals surface area contributed by atoms with Gasteiger partial charge >= 0.3 is 0 Å². The maximum atomic E-state index is 13.8. The Morgan fingerprint density at radius 3 is 2.43 bits per heavy atom. The van der Waals surface area contributed by atoms with E-state index in [2.05, 4.69) is 21.2 Å². The van der Waals surface area contributed by atoms with E-state index >= 15 is 0 Å². The summed E-state index contributed by atoms with van der Waals surface area (Å²) in [4.78, 5) is 0. The van der Waals surface area contributed by atoms with Crippen molar-refractivity contribution in [2.45, 2.75) is 19.4 Å². The highest BCUT2D eigenvalue weighted by molar-refractivity contribution is 9.10. The van der Waals surface area contributed by atoms with Crippen molar-refractivity contribution in [3.63, 3.8) is 0 Å². The van der Waals surface area contributed by atoms with Gasteiger partial charge in [0.1, 0.15) is 17.5 Å². The molecule has 0 aliphatic heterocycles. The molecule has 2 aromatic carbocycles. The highest BCUT2D eigenvalue weighted by atomic mass is 79.9. The Hall–Kier alpha value is -1.33. The van der Waals surface area contributed by atoms with Crippen molar-refractivity contribution in [2.75, 3.05) is 6.54 Å². The number of halogens is 4. The van der Waals surface area contributed by atoms with Gasteiger partial charge in [-0.25, -0.2) is 13.2 Å².